The van der Waals surface area contributed by atoms with Crippen LogP contribution >= 0.6 is 11.6 Å². The Hall–Kier alpha value is -1.67. The topological polar surface area (TPSA) is 35.2 Å². The first-order valence-electron chi connectivity index (χ1n) is 6.34. The van der Waals surface area contributed by atoms with Crippen LogP contribution in [0.1, 0.15) is 18.9 Å². The summed E-state index contributed by atoms with van der Waals surface area (Å²) in [5.41, 5.74) is 7.49. The lowest BCUT2D eigenvalue weighted by molar-refractivity contribution is 0.306. The highest BCUT2D eigenvalue weighted by Crippen LogP contribution is 2.14. The molecule has 0 saturated heterocycles. The lowest BCUT2D eigenvalue weighted by Gasteiger charge is -2.05. The van der Waals surface area contributed by atoms with Crippen molar-refractivity contribution in [1.82, 2.24) is 0 Å². The molecule has 102 valence electrons. The normalized spacial score (nSPS) is 9.37. The van der Waals surface area contributed by atoms with Gasteiger partial charge in [-0.2, -0.15) is 0 Å². The van der Waals surface area contributed by atoms with Gasteiger partial charge in [0.05, 0.1) is 0 Å². The zero-order valence-corrected chi connectivity index (χ0v) is 11.9. The van der Waals surface area contributed by atoms with Gasteiger partial charge in [-0.25, -0.2) is 0 Å². The van der Waals surface area contributed by atoms with Crippen LogP contribution in [0.15, 0.2) is 54.6 Å². The van der Waals surface area contributed by atoms with Crippen molar-refractivity contribution in [3.63, 3.8) is 0 Å². The maximum Gasteiger partial charge on any atom is 0.119 e. The van der Waals surface area contributed by atoms with Crippen molar-refractivity contribution in [3.8, 4) is 5.75 Å². The SMILES string of the molecule is CCCCl.Nc1ccc(OCc2ccccc2)cc1. The Kier molecular flexibility index (Phi) is 7.52. The minimum absolute atomic E-state index is 0.588. The molecule has 0 aliphatic rings. The molecule has 2 N–H and O–H groups in total. The number of anilines is 1. The summed E-state index contributed by atoms with van der Waals surface area (Å²) in [7, 11) is 0. The molecule has 0 bridgehead atoms. The lowest BCUT2D eigenvalue weighted by atomic mass is 10.2. The van der Waals surface area contributed by atoms with Crippen molar-refractivity contribution in [1.29, 1.82) is 0 Å². The first kappa shape index (κ1) is 15.4. The van der Waals surface area contributed by atoms with E-state index < -0.39 is 0 Å². The number of nitrogen functional groups attached to an aromatic ring is 1. The molecule has 3 heteroatoms. The number of rotatable bonds is 4. The molecule has 0 amide bonds. The second kappa shape index (κ2) is 9.29. The molecule has 0 spiro atoms. The highest BCUT2D eigenvalue weighted by atomic mass is 35.5. The van der Waals surface area contributed by atoms with E-state index in [1.54, 1.807) is 0 Å². The van der Waals surface area contributed by atoms with E-state index in [9.17, 15) is 0 Å². The predicted octanol–water partition coefficient (Wildman–Crippen LogP) is 4.48. The maximum absolute atomic E-state index is 5.59. The second-order valence-electron chi connectivity index (χ2n) is 4.03. The Labute approximate surface area is 120 Å². The molecule has 0 aliphatic carbocycles. The quantitative estimate of drug-likeness (QED) is 0.660. The van der Waals surface area contributed by atoms with Crippen LogP contribution in [-0.4, -0.2) is 5.88 Å². The van der Waals surface area contributed by atoms with E-state index in [0.717, 1.165) is 29.3 Å². The fourth-order valence-electron chi connectivity index (χ4n) is 1.30. The number of hydrogen-bond acceptors (Lipinski definition) is 2. The van der Waals surface area contributed by atoms with E-state index in [1.165, 1.54) is 0 Å². The minimum atomic E-state index is 0.588. The first-order valence-corrected chi connectivity index (χ1v) is 6.88. The molecule has 0 radical (unpaired) electrons. The molecular formula is C16H20ClNO. The Morgan fingerprint density at radius 3 is 2.11 bits per heavy atom. The van der Waals surface area contributed by atoms with Crippen LogP contribution in [0.5, 0.6) is 5.75 Å². The predicted molar refractivity (Wildman–Crippen MR) is 82.6 cm³/mol. The number of nitrogens with two attached hydrogens (primary N) is 1. The van der Waals surface area contributed by atoms with Crippen molar-refractivity contribution < 1.29 is 4.74 Å². The summed E-state index contributed by atoms with van der Waals surface area (Å²) in [5, 5.41) is 0. The van der Waals surface area contributed by atoms with Gasteiger partial charge in [0.1, 0.15) is 12.4 Å². The van der Waals surface area contributed by atoms with Gasteiger partial charge in [-0.05, 0) is 36.2 Å². The van der Waals surface area contributed by atoms with E-state index in [-0.39, 0.29) is 0 Å². The third kappa shape index (κ3) is 6.73. The zero-order valence-electron chi connectivity index (χ0n) is 11.2. The summed E-state index contributed by atoms with van der Waals surface area (Å²) in [6.07, 6.45) is 1.08. The van der Waals surface area contributed by atoms with E-state index >= 15 is 0 Å². The van der Waals surface area contributed by atoms with Gasteiger partial charge in [0.2, 0.25) is 0 Å². The lowest BCUT2D eigenvalue weighted by Crippen LogP contribution is -1.95. The molecule has 0 atom stereocenters. The molecule has 0 saturated carbocycles. The second-order valence-corrected chi connectivity index (χ2v) is 4.41. The van der Waals surface area contributed by atoms with Gasteiger partial charge in [-0.15, -0.1) is 11.6 Å². The molecule has 0 aromatic heterocycles. The van der Waals surface area contributed by atoms with Gasteiger partial charge in [-0.1, -0.05) is 37.3 Å². The molecule has 2 rings (SSSR count). The molecule has 0 aliphatic heterocycles. The Balaban J connectivity index is 0.000000399. The van der Waals surface area contributed by atoms with Crippen molar-refractivity contribution in [2.45, 2.75) is 20.0 Å². The average molecular weight is 278 g/mol. The van der Waals surface area contributed by atoms with Crippen molar-refractivity contribution >= 4 is 17.3 Å². The van der Waals surface area contributed by atoms with Gasteiger partial charge in [0.25, 0.3) is 0 Å². The monoisotopic (exact) mass is 277 g/mol. The van der Waals surface area contributed by atoms with E-state index in [0.29, 0.717) is 6.61 Å². The van der Waals surface area contributed by atoms with E-state index in [4.69, 9.17) is 22.1 Å². The molecule has 2 nitrogen and oxygen atoms in total. The van der Waals surface area contributed by atoms with Crippen molar-refractivity contribution in [2.24, 2.45) is 0 Å². The van der Waals surface area contributed by atoms with Crippen LogP contribution in [-0.2, 0) is 6.61 Å². The molecule has 2 aromatic rings. The van der Waals surface area contributed by atoms with Crippen LogP contribution in [0, 0.1) is 0 Å². The van der Waals surface area contributed by atoms with E-state index in [2.05, 4.69) is 0 Å². The maximum atomic E-state index is 5.59. The first-order chi connectivity index (χ1) is 9.26. The molecule has 19 heavy (non-hydrogen) atoms. The van der Waals surface area contributed by atoms with Crippen LogP contribution in [0.3, 0.4) is 0 Å². The smallest absolute Gasteiger partial charge is 0.119 e. The summed E-state index contributed by atoms with van der Waals surface area (Å²) < 4.78 is 5.59. The number of benzene rings is 2. The fraction of sp³-hybridized carbons (Fsp3) is 0.250. The number of halogens is 1. The summed E-state index contributed by atoms with van der Waals surface area (Å²) in [5.74, 6) is 1.63. The van der Waals surface area contributed by atoms with Crippen LogP contribution in [0.4, 0.5) is 5.69 Å². The molecule has 2 aromatic carbocycles. The average Bonchev–Trinajstić information content (AvgIpc) is 2.48. The summed E-state index contributed by atoms with van der Waals surface area (Å²) in [6.45, 7) is 2.64. The molecule has 0 unspecified atom stereocenters. The van der Waals surface area contributed by atoms with Crippen LogP contribution < -0.4 is 10.5 Å². The van der Waals surface area contributed by atoms with Gasteiger partial charge in [-0.3, -0.25) is 0 Å². The highest BCUT2D eigenvalue weighted by molar-refractivity contribution is 6.17. The standard InChI is InChI=1S/C13H13NO.C3H7Cl/c14-12-6-8-13(9-7-12)15-10-11-4-2-1-3-5-11;1-2-3-4/h1-9H,10,14H2;2-3H2,1H3. The molecular weight excluding hydrogens is 258 g/mol. The van der Waals surface area contributed by atoms with Gasteiger partial charge < -0.3 is 10.5 Å². The van der Waals surface area contributed by atoms with Crippen molar-refractivity contribution in [3.05, 3.63) is 60.2 Å². The largest absolute Gasteiger partial charge is 0.489 e. The minimum Gasteiger partial charge on any atom is -0.489 e. The third-order valence-corrected chi connectivity index (χ3v) is 2.70. The molecule has 0 heterocycles. The van der Waals surface area contributed by atoms with Crippen LogP contribution in [0.25, 0.3) is 0 Å². The summed E-state index contributed by atoms with van der Waals surface area (Å²) in [6, 6.07) is 17.5. The Morgan fingerprint density at radius 2 is 1.58 bits per heavy atom. The van der Waals surface area contributed by atoms with Crippen LogP contribution in [0.2, 0.25) is 0 Å². The number of alkyl halides is 1. The summed E-state index contributed by atoms with van der Waals surface area (Å²) in [4.78, 5) is 0. The Bertz CT molecular complexity index is 440. The van der Waals surface area contributed by atoms with Gasteiger partial charge >= 0.3 is 0 Å². The number of ether oxygens (including phenoxy) is 1. The Morgan fingerprint density at radius 1 is 1.00 bits per heavy atom. The third-order valence-electron chi connectivity index (χ3n) is 2.32. The fourth-order valence-corrected chi connectivity index (χ4v) is 1.30. The molecule has 0 fully saturated rings. The zero-order chi connectivity index (χ0) is 13.9. The summed E-state index contributed by atoms with van der Waals surface area (Å²) >= 11 is 5.19. The van der Waals surface area contributed by atoms with Crippen molar-refractivity contribution in [2.75, 3.05) is 11.6 Å². The van der Waals surface area contributed by atoms with Gasteiger partial charge in [0.15, 0.2) is 0 Å². The highest BCUT2D eigenvalue weighted by Gasteiger charge is 1.94. The number of hydrogen-bond donors (Lipinski definition) is 1. The van der Waals surface area contributed by atoms with Gasteiger partial charge in [0, 0.05) is 11.6 Å². The van der Waals surface area contributed by atoms with E-state index in [1.807, 2.05) is 61.5 Å².